The minimum absolute atomic E-state index is 0.330. The molecule has 0 saturated carbocycles. The van der Waals surface area contributed by atoms with E-state index in [2.05, 4.69) is 55.5 Å². The molecule has 0 aliphatic heterocycles. The molecule has 1 atom stereocenters. The molecule has 1 aromatic heterocycles. The summed E-state index contributed by atoms with van der Waals surface area (Å²) in [7, 11) is 4.10. The number of benzene rings is 1. The monoisotopic (exact) mass is 244 g/mol. The van der Waals surface area contributed by atoms with Gasteiger partial charge < -0.3 is 14.6 Å². The number of nitrogens with one attached hydrogen (secondary N) is 1. The van der Waals surface area contributed by atoms with Crippen LogP contribution in [-0.4, -0.2) is 14.1 Å². The van der Waals surface area contributed by atoms with Crippen LogP contribution in [0, 0.1) is 0 Å². The fraction of sp³-hybridized carbons (Fsp3) is 0.333. The third kappa shape index (κ3) is 3.14. The van der Waals surface area contributed by atoms with E-state index in [0.29, 0.717) is 6.04 Å². The number of rotatable bonds is 5. The van der Waals surface area contributed by atoms with Gasteiger partial charge in [-0.25, -0.2) is 0 Å². The maximum absolute atomic E-state index is 5.05. The van der Waals surface area contributed by atoms with E-state index >= 15 is 0 Å². The molecular weight excluding hydrogens is 224 g/mol. The highest BCUT2D eigenvalue weighted by Crippen LogP contribution is 2.18. The van der Waals surface area contributed by atoms with Crippen LogP contribution in [0.4, 0.5) is 5.69 Å². The summed E-state index contributed by atoms with van der Waals surface area (Å²) in [6, 6.07) is 10.9. The number of nitrogens with zero attached hydrogens (tertiary/aromatic N) is 1. The molecule has 0 bridgehead atoms. The first-order chi connectivity index (χ1) is 8.66. The van der Waals surface area contributed by atoms with Crippen LogP contribution in [0.2, 0.25) is 0 Å². The van der Waals surface area contributed by atoms with Gasteiger partial charge in [0.15, 0.2) is 0 Å². The fourth-order valence-corrected chi connectivity index (χ4v) is 1.84. The molecule has 0 radical (unpaired) electrons. The van der Waals surface area contributed by atoms with E-state index in [9.17, 15) is 0 Å². The summed E-state index contributed by atoms with van der Waals surface area (Å²) in [4.78, 5) is 2.10. The van der Waals surface area contributed by atoms with Crippen molar-refractivity contribution in [2.75, 3.05) is 19.0 Å². The van der Waals surface area contributed by atoms with Gasteiger partial charge in [-0.05, 0) is 30.7 Å². The summed E-state index contributed by atoms with van der Waals surface area (Å²) in [6.07, 6.45) is 3.47. The van der Waals surface area contributed by atoms with Crippen LogP contribution in [-0.2, 0) is 6.54 Å². The van der Waals surface area contributed by atoms with Gasteiger partial charge in [0, 0.05) is 37.9 Å². The lowest BCUT2D eigenvalue weighted by Crippen LogP contribution is -2.18. The van der Waals surface area contributed by atoms with Crippen molar-refractivity contribution >= 4 is 5.69 Å². The van der Waals surface area contributed by atoms with Crippen molar-refractivity contribution in [2.24, 2.45) is 0 Å². The van der Waals surface area contributed by atoms with Gasteiger partial charge >= 0.3 is 0 Å². The predicted molar refractivity (Wildman–Crippen MR) is 74.7 cm³/mol. The average molecular weight is 244 g/mol. The molecule has 0 aliphatic rings. The van der Waals surface area contributed by atoms with E-state index in [0.717, 1.165) is 6.54 Å². The highest BCUT2D eigenvalue weighted by Gasteiger charge is 2.05. The highest BCUT2D eigenvalue weighted by molar-refractivity contribution is 5.46. The Bertz CT molecular complexity index is 460. The Labute approximate surface area is 108 Å². The second-order valence-corrected chi connectivity index (χ2v) is 4.72. The smallest absolute Gasteiger partial charge is 0.0947 e. The molecule has 2 aromatic rings. The lowest BCUT2D eigenvalue weighted by Gasteiger charge is -2.16. The molecule has 3 nitrogen and oxygen atoms in total. The van der Waals surface area contributed by atoms with Crippen molar-refractivity contribution in [1.29, 1.82) is 0 Å². The number of anilines is 1. The maximum atomic E-state index is 5.05. The van der Waals surface area contributed by atoms with E-state index in [1.54, 1.807) is 12.5 Å². The van der Waals surface area contributed by atoms with Gasteiger partial charge in [0.1, 0.15) is 0 Å². The van der Waals surface area contributed by atoms with E-state index < -0.39 is 0 Å². The van der Waals surface area contributed by atoms with Gasteiger partial charge in [-0.15, -0.1) is 0 Å². The third-order valence-corrected chi connectivity index (χ3v) is 3.10. The molecule has 0 fully saturated rings. The molecular formula is C15H20N2O. The summed E-state index contributed by atoms with van der Waals surface area (Å²) < 4.78 is 5.05. The SMILES string of the molecule is CC(NCc1ccoc1)c1ccc(N(C)C)cc1. The minimum atomic E-state index is 0.330. The van der Waals surface area contributed by atoms with Crippen LogP contribution in [0.3, 0.4) is 0 Å². The molecule has 2 rings (SSSR count). The Kier molecular flexibility index (Phi) is 4.05. The van der Waals surface area contributed by atoms with Crippen LogP contribution in [0.15, 0.2) is 47.3 Å². The van der Waals surface area contributed by atoms with E-state index in [1.807, 2.05) is 6.07 Å². The van der Waals surface area contributed by atoms with Crippen LogP contribution >= 0.6 is 0 Å². The zero-order valence-corrected chi connectivity index (χ0v) is 11.2. The quantitative estimate of drug-likeness (QED) is 0.875. The van der Waals surface area contributed by atoms with E-state index in [4.69, 9.17) is 4.42 Å². The Morgan fingerprint density at radius 1 is 1.17 bits per heavy atom. The van der Waals surface area contributed by atoms with E-state index in [-0.39, 0.29) is 0 Å². The van der Waals surface area contributed by atoms with Crippen molar-refractivity contribution in [3.8, 4) is 0 Å². The standard InChI is InChI=1S/C15H20N2O/c1-12(16-10-13-8-9-18-11-13)14-4-6-15(7-5-14)17(2)3/h4-9,11-12,16H,10H2,1-3H3. The van der Waals surface area contributed by atoms with Crippen LogP contribution < -0.4 is 10.2 Å². The van der Waals surface area contributed by atoms with Crippen molar-refractivity contribution in [3.05, 3.63) is 54.0 Å². The van der Waals surface area contributed by atoms with Crippen molar-refractivity contribution < 1.29 is 4.42 Å². The van der Waals surface area contributed by atoms with Gasteiger partial charge in [-0.1, -0.05) is 12.1 Å². The average Bonchev–Trinajstić information content (AvgIpc) is 2.89. The Balaban J connectivity index is 1.94. The van der Waals surface area contributed by atoms with Crippen LogP contribution in [0.25, 0.3) is 0 Å². The molecule has 1 N–H and O–H groups in total. The molecule has 1 heterocycles. The zero-order valence-electron chi connectivity index (χ0n) is 11.2. The predicted octanol–water partition coefficient (Wildman–Crippen LogP) is 3.20. The summed E-state index contributed by atoms with van der Waals surface area (Å²) in [5.41, 5.74) is 3.69. The zero-order chi connectivity index (χ0) is 13.0. The number of hydrogen-bond donors (Lipinski definition) is 1. The first-order valence-corrected chi connectivity index (χ1v) is 6.18. The Morgan fingerprint density at radius 2 is 1.89 bits per heavy atom. The minimum Gasteiger partial charge on any atom is -0.472 e. The lowest BCUT2D eigenvalue weighted by atomic mass is 10.1. The molecule has 0 amide bonds. The first kappa shape index (κ1) is 12.7. The summed E-state index contributed by atoms with van der Waals surface area (Å²) in [5.74, 6) is 0. The second-order valence-electron chi connectivity index (χ2n) is 4.72. The van der Waals surface area contributed by atoms with Gasteiger partial charge in [-0.2, -0.15) is 0 Å². The largest absolute Gasteiger partial charge is 0.472 e. The van der Waals surface area contributed by atoms with Gasteiger partial charge in [0.25, 0.3) is 0 Å². The van der Waals surface area contributed by atoms with Gasteiger partial charge in [0.05, 0.1) is 12.5 Å². The summed E-state index contributed by atoms with van der Waals surface area (Å²) in [6.45, 7) is 3.00. The molecule has 1 unspecified atom stereocenters. The fourth-order valence-electron chi connectivity index (χ4n) is 1.84. The first-order valence-electron chi connectivity index (χ1n) is 6.18. The molecule has 96 valence electrons. The van der Waals surface area contributed by atoms with Crippen LogP contribution in [0.1, 0.15) is 24.1 Å². The van der Waals surface area contributed by atoms with Crippen molar-refractivity contribution in [3.63, 3.8) is 0 Å². The molecule has 18 heavy (non-hydrogen) atoms. The second kappa shape index (κ2) is 5.74. The van der Waals surface area contributed by atoms with Gasteiger partial charge in [-0.3, -0.25) is 0 Å². The Hall–Kier alpha value is -1.74. The van der Waals surface area contributed by atoms with Crippen molar-refractivity contribution in [2.45, 2.75) is 19.5 Å². The lowest BCUT2D eigenvalue weighted by molar-refractivity contribution is 0.547. The molecule has 0 aliphatic carbocycles. The van der Waals surface area contributed by atoms with Crippen molar-refractivity contribution in [1.82, 2.24) is 5.32 Å². The Morgan fingerprint density at radius 3 is 2.44 bits per heavy atom. The molecule has 0 saturated heterocycles. The topological polar surface area (TPSA) is 28.4 Å². The summed E-state index contributed by atoms with van der Waals surface area (Å²) >= 11 is 0. The number of hydrogen-bond acceptors (Lipinski definition) is 3. The van der Waals surface area contributed by atoms with Gasteiger partial charge in [0.2, 0.25) is 0 Å². The summed E-state index contributed by atoms with van der Waals surface area (Å²) in [5, 5.41) is 3.48. The van der Waals surface area contributed by atoms with Crippen LogP contribution in [0.5, 0.6) is 0 Å². The maximum Gasteiger partial charge on any atom is 0.0947 e. The molecule has 0 spiro atoms. The van der Waals surface area contributed by atoms with E-state index in [1.165, 1.54) is 16.8 Å². The highest BCUT2D eigenvalue weighted by atomic mass is 16.3. The third-order valence-electron chi connectivity index (χ3n) is 3.10. The molecule has 3 heteroatoms. The normalized spacial score (nSPS) is 12.4. The molecule has 1 aromatic carbocycles. The number of furan rings is 1.